The number of ether oxygens (including phenoxy) is 2. The van der Waals surface area contributed by atoms with E-state index in [2.05, 4.69) is 4.90 Å². The molecule has 0 spiro atoms. The molecule has 0 radical (unpaired) electrons. The van der Waals surface area contributed by atoms with Crippen molar-refractivity contribution >= 4 is 29.1 Å². The van der Waals surface area contributed by atoms with E-state index in [9.17, 15) is 14.7 Å². The number of nitrogens with zero attached hydrogens (tertiary/aromatic N) is 2. The van der Waals surface area contributed by atoms with Gasteiger partial charge in [-0.25, -0.2) is 0 Å². The van der Waals surface area contributed by atoms with Gasteiger partial charge in [0.25, 0.3) is 11.7 Å². The number of ketones is 1. The monoisotopic (exact) mass is 484 g/mol. The van der Waals surface area contributed by atoms with Crippen LogP contribution in [-0.4, -0.2) is 73.1 Å². The highest BCUT2D eigenvalue weighted by molar-refractivity contribution is 6.46. The van der Waals surface area contributed by atoms with Crippen molar-refractivity contribution in [2.45, 2.75) is 19.4 Å². The molecule has 2 aromatic rings. The highest BCUT2D eigenvalue weighted by atomic mass is 35.5. The van der Waals surface area contributed by atoms with Crippen LogP contribution in [0.4, 0.5) is 0 Å². The van der Waals surface area contributed by atoms with E-state index in [1.807, 2.05) is 31.2 Å². The first-order valence-electron chi connectivity index (χ1n) is 11.4. The van der Waals surface area contributed by atoms with Gasteiger partial charge in [-0.15, -0.1) is 0 Å². The van der Waals surface area contributed by atoms with Crippen LogP contribution >= 0.6 is 11.6 Å². The normalized spacial score (nSPS) is 20.7. The molecule has 2 aromatic carbocycles. The molecule has 2 fully saturated rings. The fraction of sp³-hybridized carbons (Fsp3) is 0.385. The highest BCUT2D eigenvalue weighted by Crippen LogP contribution is 2.40. The Morgan fingerprint density at radius 3 is 2.47 bits per heavy atom. The van der Waals surface area contributed by atoms with Crippen LogP contribution in [0, 0.1) is 6.92 Å². The van der Waals surface area contributed by atoms with E-state index in [0.717, 1.165) is 30.8 Å². The molecule has 0 aromatic heterocycles. The topological polar surface area (TPSA) is 79.3 Å². The van der Waals surface area contributed by atoms with Crippen molar-refractivity contribution in [3.63, 3.8) is 0 Å². The summed E-state index contributed by atoms with van der Waals surface area (Å²) in [7, 11) is 1.50. The van der Waals surface area contributed by atoms with Gasteiger partial charge < -0.3 is 19.5 Å². The van der Waals surface area contributed by atoms with Crippen LogP contribution in [0.1, 0.15) is 29.2 Å². The minimum atomic E-state index is -0.693. The van der Waals surface area contributed by atoms with Crippen molar-refractivity contribution in [2.75, 3.05) is 46.5 Å². The third-order valence-electron chi connectivity index (χ3n) is 6.34. The van der Waals surface area contributed by atoms with Gasteiger partial charge in [0.2, 0.25) is 0 Å². The summed E-state index contributed by atoms with van der Waals surface area (Å²) in [6.45, 7) is 6.32. The average Bonchev–Trinajstić information content (AvgIpc) is 3.09. The molecule has 0 unspecified atom stereocenters. The van der Waals surface area contributed by atoms with Crippen molar-refractivity contribution < 1.29 is 24.2 Å². The van der Waals surface area contributed by atoms with E-state index in [1.165, 1.54) is 13.2 Å². The number of benzene rings is 2. The Morgan fingerprint density at radius 1 is 1.12 bits per heavy atom. The average molecular weight is 485 g/mol. The van der Waals surface area contributed by atoms with Crippen molar-refractivity contribution in [3.05, 3.63) is 69.8 Å². The molecule has 7 nitrogen and oxygen atoms in total. The van der Waals surface area contributed by atoms with Crippen molar-refractivity contribution in [3.8, 4) is 5.75 Å². The number of aryl methyl sites for hydroxylation is 1. The molecule has 1 atom stereocenters. The molecule has 0 aliphatic carbocycles. The van der Waals surface area contributed by atoms with Crippen LogP contribution in [0.15, 0.2) is 48.0 Å². The molecule has 180 valence electrons. The Hall–Kier alpha value is -2.87. The summed E-state index contributed by atoms with van der Waals surface area (Å²) >= 11 is 6.25. The minimum Gasteiger partial charge on any atom is -0.507 e. The number of Topliss-reactive ketones (excluding diaryl/α,β-unsaturated/α-hetero) is 1. The number of likely N-dealkylation sites (tertiary alicyclic amines) is 1. The summed E-state index contributed by atoms with van der Waals surface area (Å²) < 4.78 is 10.6. The van der Waals surface area contributed by atoms with E-state index < -0.39 is 17.7 Å². The number of methoxy groups -OCH3 is 1. The Labute approximate surface area is 204 Å². The van der Waals surface area contributed by atoms with E-state index in [-0.39, 0.29) is 11.3 Å². The molecule has 4 rings (SSSR count). The van der Waals surface area contributed by atoms with Crippen LogP contribution in [0.3, 0.4) is 0 Å². The third-order valence-corrected chi connectivity index (χ3v) is 6.63. The number of morpholine rings is 1. The minimum absolute atomic E-state index is 0.0708. The molecule has 8 heteroatoms. The molecule has 2 heterocycles. The summed E-state index contributed by atoms with van der Waals surface area (Å²) in [5.74, 6) is -1.09. The zero-order chi connectivity index (χ0) is 24.2. The largest absolute Gasteiger partial charge is 0.507 e. The van der Waals surface area contributed by atoms with E-state index in [1.54, 1.807) is 17.0 Å². The number of carbonyl (C=O) groups is 2. The summed E-state index contributed by atoms with van der Waals surface area (Å²) in [5, 5.41) is 11.5. The Bertz CT molecular complexity index is 1090. The summed E-state index contributed by atoms with van der Waals surface area (Å²) in [6, 6.07) is 11.8. The summed E-state index contributed by atoms with van der Waals surface area (Å²) in [6.07, 6.45) is 0.712. The lowest BCUT2D eigenvalue weighted by Gasteiger charge is -2.29. The molecule has 1 amide bonds. The van der Waals surface area contributed by atoms with Crippen LogP contribution in [0.5, 0.6) is 5.75 Å². The fourth-order valence-corrected chi connectivity index (χ4v) is 4.72. The number of rotatable bonds is 7. The zero-order valence-electron chi connectivity index (χ0n) is 19.4. The molecule has 0 saturated carbocycles. The maximum absolute atomic E-state index is 13.2. The maximum Gasteiger partial charge on any atom is 0.295 e. The molecule has 1 N–H and O–H groups in total. The van der Waals surface area contributed by atoms with E-state index >= 15 is 0 Å². The second kappa shape index (κ2) is 10.6. The van der Waals surface area contributed by atoms with E-state index in [4.69, 9.17) is 21.1 Å². The van der Waals surface area contributed by atoms with Crippen molar-refractivity contribution in [1.29, 1.82) is 0 Å². The smallest absolute Gasteiger partial charge is 0.295 e. The number of aliphatic hydroxyl groups is 1. The first-order chi connectivity index (χ1) is 16.4. The molecule has 2 aliphatic heterocycles. The van der Waals surface area contributed by atoms with Gasteiger partial charge in [-0.05, 0) is 37.1 Å². The number of hydrogen-bond acceptors (Lipinski definition) is 6. The highest BCUT2D eigenvalue weighted by Gasteiger charge is 2.45. The van der Waals surface area contributed by atoms with Crippen LogP contribution in [0.2, 0.25) is 5.02 Å². The Kier molecular flexibility index (Phi) is 7.56. The van der Waals surface area contributed by atoms with Gasteiger partial charge in [0.15, 0.2) is 0 Å². The standard InChI is InChI=1S/C26H29ClN2O5/c1-17-4-6-18(7-5-17)23-22(24(30)19-8-9-21(33-2)20(27)16-19)25(31)26(32)29(23)11-3-10-28-12-14-34-15-13-28/h4-9,16,23,30H,3,10-15H2,1-2H3/b24-22+/t23-/m0/s1. The second-order valence-corrected chi connectivity index (χ2v) is 8.97. The fourth-order valence-electron chi connectivity index (χ4n) is 4.46. The van der Waals surface area contributed by atoms with Crippen LogP contribution in [0.25, 0.3) is 5.76 Å². The molecule has 0 bridgehead atoms. The van der Waals surface area contributed by atoms with Gasteiger partial charge in [0.05, 0.1) is 37.0 Å². The van der Waals surface area contributed by atoms with Gasteiger partial charge in [-0.2, -0.15) is 0 Å². The van der Waals surface area contributed by atoms with Crippen molar-refractivity contribution in [1.82, 2.24) is 9.80 Å². The van der Waals surface area contributed by atoms with Gasteiger partial charge >= 0.3 is 0 Å². The SMILES string of the molecule is COc1ccc(/C(O)=C2\C(=O)C(=O)N(CCCN3CCOCC3)[C@H]2c2ccc(C)cc2)cc1Cl. The van der Waals surface area contributed by atoms with E-state index in [0.29, 0.717) is 42.5 Å². The summed E-state index contributed by atoms with van der Waals surface area (Å²) in [5.41, 5.74) is 2.27. The Balaban J connectivity index is 1.68. The van der Waals surface area contributed by atoms with Gasteiger partial charge in [-0.3, -0.25) is 14.5 Å². The quantitative estimate of drug-likeness (QED) is 0.366. The molecular formula is C26H29ClN2O5. The molecule has 2 aliphatic rings. The molecular weight excluding hydrogens is 456 g/mol. The zero-order valence-corrected chi connectivity index (χ0v) is 20.2. The number of halogens is 1. The van der Waals surface area contributed by atoms with Gasteiger partial charge in [0, 0.05) is 31.7 Å². The lowest BCUT2D eigenvalue weighted by Crippen LogP contribution is -2.38. The first-order valence-corrected chi connectivity index (χ1v) is 11.8. The first kappa shape index (κ1) is 24.3. The summed E-state index contributed by atoms with van der Waals surface area (Å²) in [4.78, 5) is 30.1. The molecule has 34 heavy (non-hydrogen) atoms. The lowest BCUT2D eigenvalue weighted by atomic mass is 9.94. The predicted molar refractivity (Wildman–Crippen MR) is 130 cm³/mol. The predicted octanol–water partition coefficient (Wildman–Crippen LogP) is 3.80. The number of aliphatic hydroxyl groups excluding tert-OH is 1. The van der Waals surface area contributed by atoms with Crippen LogP contribution < -0.4 is 4.74 Å². The maximum atomic E-state index is 13.2. The number of hydrogen-bond donors (Lipinski definition) is 1. The second-order valence-electron chi connectivity index (χ2n) is 8.56. The number of amides is 1. The van der Waals surface area contributed by atoms with Crippen molar-refractivity contribution in [2.24, 2.45) is 0 Å². The van der Waals surface area contributed by atoms with Gasteiger partial charge in [-0.1, -0.05) is 41.4 Å². The molecule has 2 saturated heterocycles. The van der Waals surface area contributed by atoms with Gasteiger partial charge in [0.1, 0.15) is 11.5 Å². The number of carbonyl (C=O) groups excluding carboxylic acids is 2. The van der Waals surface area contributed by atoms with Crippen LogP contribution in [-0.2, 0) is 14.3 Å². The lowest BCUT2D eigenvalue weighted by molar-refractivity contribution is -0.140. The third kappa shape index (κ3) is 4.97. The Morgan fingerprint density at radius 2 is 1.82 bits per heavy atom.